The molecule has 1 aliphatic rings. The van der Waals surface area contributed by atoms with Gasteiger partial charge in [0.25, 0.3) is 0 Å². The molecule has 2 aromatic rings. The Morgan fingerprint density at radius 3 is 2.65 bits per heavy atom. The summed E-state index contributed by atoms with van der Waals surface area (Å²) in [5.74, 6) is 0. The van der Waals surface area contributed by atoms with Crippen LogP contribution in [-0.4, -0.2) is 26.0 Å². The quantitative estimate of drug-likeness (QED) is 0.640. The summed E-state index contributed by atoms with van der Waals surface area (Å²) in [6, 6.07) is 18.6. The smallest absolute Gasteiger partial charge is 0.407 e. The van der Waals surface area contributed by atoms with E-state index in [9.17, 15) is 0 Å². The molecule has 0 spiro atoms. The van der Waals surface area contributed by atoms with Crippen molar-refractivity contribution < 1.29 is 9.31 Å². The maximum Gasteiger partial charge on any atom is 0.494 e. The highest BCUT2D eigenvalue weighted by Gasteiger charge is 2.29. The molecule has 0 radical (unpaired) electrons. The molecule has 2 atom stereocenters. The second-order valence-electron chi connectivity index (χ2n) is 5.93. The fourth-order valence-electron chi connectivity index (χ4n) is 2.68. The first-order valence-electron chi connectivity index (χ1n) is 8.18. The normalized spacial score (nSPS) is 19.9. The lowest BCUT2D eigenvalue weighted by molar-refractivity contribution is 0.0861. The Morgan fingerprint density at radius 1 is 1.13 bits per heavy atom. The molecule has 118 valence electrons. The van der Waals surface area contributed by atoms with Gasteiger partial charge in [-0.1, -0.05) is 54.6 Å². The molecule has 0 saturated carbocycles. The van der Waals surface area contributed by atoms with Crippen molar-refractivity contribution >= 4 is 18.8 Å². The molecule has 0 N–H and O–H groups in total. The molecular formula is C19H22BNO2. The summed E-state index contributed by atoms with van der Waals surface area (Å²) in [5, 5.41) is 0. The first-order chi connectivity index (χ1) is 11.2. The Bertz CT molecular complexity index is 659. The summed E-state index contributed by atoms with van der Waals surface area (Å²) >= 11 is 0. The molecule has 0 amide bonds. The van der Waals surface area contributed by atoms with E-state index in [-0.39, 0.29) is 19.3 Å². The highest BCUT2D eigenvalue weighted by atomic mass is 16.6. The second-order valence-corrected chi connectivity index (χ2v) is 5.93. The predicted octanol–water partition coefficient (Wildman–Crippen LogP) is 3.39. The van der Waals surface area contributed by atoms with E-state index in [1.165, 1.54) is 5.56 Å². The third kappa shape index (κ3) is 4.09. The number of benzene rings is 2. The van der Waals surface area contributed by atoms with Gasteiger partial charge in [0.05, 0.1) is 6.04 Å². The molecule has 0 aliphatic carbocycles. The number of nitrogens with zero attached hydrogens (tertiary/aromatic N) is 1. The van der Waals surface area contributed by atoms with Gasteiger partial charge in [-0.15, -0.1) is 0 Å². The average Bonchev–Trinajstić information content (AvgIpc) is 2.60. The van der Waals surface area contributed by atoms with Gasteiger partial charge >= 0.3 is 7.12 Å². The van der Waals surface area contributed by atoms with Gasteiger partial charge in [-0.3, -0.25) is 4.99 Å². The Labute approximate surface area is 138 Å². The minimum atomic E-state index is -0.298. The van der Waals surface area contributed by atoms with E-state index in [1.54, 1.807) is 0 Å². The zero-order valence-electron chi connectivity index (χ0n) is 13.7. The van der Waals surface area contributed by atoms with Gasteiger partial charge in [0.2, 0.25) is 0 Å². The van der Waals surface area contributed by atoms with Gasteiger partial charge in [0, 0.05) is 18.9 Å². The topological polar surface area (TPSA) is 30.8 Å². The van der Waals surface area contributed by atoms with Crippen LogP contribution in [0.5, 0.6) is 0 Å². The van der Waals surface area contributed by atoms with Gasteiger partial charge in [0.15, 0.2) is 0 Å². The highest BCUT2D eigenvalue weighted by Crippen LogP contribution is 2.16. The lowest BCUT2D eigenvalue weighted by Gasteiger charge is -2.26. The molecule has 0 aromatic heterocycles. The van der Waals surface area contributed by atoms with Crippen LogP contribution < -0.4 is 5.46 Å². The summed E-state index contributed by atoms with van der Waals surface area (Å²) in [6.07, 6.45) is 3.10. The lowest BCUT2D eigenvalue weighted by atomic mass is 9.74. The molecule has 0 unspecified atom stereocenters. The molecule has 3 nitrogen and oxygen atoms in total. The lowest BCUT2D eigenvalue weighted by Crippen LogP contribution is -2.45. The Morgan fingerprint density at radius 2 is 1.87 bits per heavy atom. The first kappa shape index (κ1) is 16.0. The Kier molecular flexibility index (Phi) is 5.26. The second kappa shape index (κ2) is 7.58. The molecule has 1 heterocycles. The first-order valence-corrected chi connectivity index (χ1v) is 8.18. The molecule has 3 rings (SSSR count). The average molecular weight is 307 g/mol. The molecule has 1 aliphatic heterocycles. The van der Waals surface area contributed by atoms with Crippen molar-refractivity contribution in [3.63, 3.8) is 0 Å². The van der Waals surface area contributed by atoms with Crippen molar-refractivity contribution in [2.75, 3.05) is 6.61 Å². The molecule has 1 fully saturated rings. The highest BCUT2D eigenvalue weighted by molar-refractivity contribution is 6.62. The minimum Gasteiger partial charge on any atom is -0.407 e. The van der Waals surface area contributed by atoms with Crippen LogP contribution in [0.25, 0.3) is 0 Å². The molecule has 23 heavy (non-hydrogen) atoms. The van der Waals surface area contributed by atoms with E-state index < -0.39 is 0 Å². The SMILES string of the molecule is C[C@H](N=Cc1ccccc1B1OCC[C@H](C)O1)c1ccccc1. The molecule has 2 aromatic carbocycles. The van der Waals surface area contributed by atoms with Crippen LogP contribution in [0.4, 0.5) is 0 Å². The Balaban J connectivity index is 1.79. The van der Waals surface area contributed by atoms with Crippen molar-refractivity contribution in [2.45, 2.75) is 32.4 Å². The van der Waals surface area contributed by atoms with Crippen LogP contribution in [0, 0.1) is 0 Å². The minimum absolute atomic E-state index is 0.122. The standard InChI is InChI=1S/C19H22BNO2/c1-15-12-13-22-20(23-15)19-11-7-6-10-18(19)14-21-16(2)17-8-4-3-5-9-17/h3-11,14-16H,12-13H2,1-2H3/t15-,16-/m0/s1. The van der Waals surface area contributed by atoms with Crippen molar-refractivity contribution in [1.29, 1.82) is 0 Å². The van der Waals surface area contributed by atoms with E-state index in [1.807, 2.05) is 36.5 Å². The van der Waals surface area contributed by atoms with E-state index in [0.717, 1.165) is 24.1 Å². The van der Waals surface area contributed by atoms with Crippen LogP contribution in [0.1, 0.15) is 37.4 Å². The number of hydrogen-bond acceptors (Lipinski definition) is 3. The summed E-state index contributed by atoms with van der Waals surface area (Å²) in [5.41, 5.74) is 3.30. The number of rotatable bonds is 4. The summed E-state index contributed by atoms with van der Waals surface area (Å²) in [7, 11) is -0.298. The Hall–Kier alpha value is -1.91. The molecule has 0 bridgehead atoms. The van der Waals surface area contributed by atoms with Crippen LogP contribution in [0.15, 0.2) is 59.6 Å². The van der Waals surface area contributed by atoms with E-state index in [0.29, 0.717) is 0 Å². The predicted molar refractivity (Wildman–Crippen MR) is 95.4 cm³/mol. The van der Waals surface area contributed by atoms with Gasteiger partial charge in [0.1, 0.15) is 0 Å². The van der Waals surface area contributed by atoms with Crippen LogP contribution in [0.2, 0.25) is 0 Å². The van der Waals surface area contributed by atoms with Crippen molar-refractivity contribution in [2.24, 2.45) is 4.99 Å². The summed E-state index contributed by atoms with van der Waals surface area (Å²) in [6.45, 7) is 4.92. The van der Waals surface area contributed by atoms with Crippen LogP contribution in [0.3, 0.4) is 0 Å². The van der Waals surface area contributed by atoms with Crippen LogP contribution >= 0.6 is 0 Å². The zero-order valence-corrected chi connectivity index (χ0v) is 13.7. The van der Waals surface area contributed by atoms with Gasteiger partial charge in [-0.2, -0.15) is 0 Å². The molecule has 4 heteroatoms. The third-order valence-electron chi connectivity index (χ3n) is 4.12. The van der Waals surface area contributed by atoms with E-state index in [4.69, 9.17) is 14.3 Å². The molecular weight excluding hydrogens is 285 g/mol. The van der Waals surface area contributed by atoms with Gasteiger partial charge in [-0.25, -0.2) is 0 Å². The molecule has 1 saturated heterocycles. The van der Waals surface area contributed by atoms with Gasteiger partial charge < -0.3 is 9.31 Å². The van der Waals surface area contributed by atoms with E-state index in [2.05, 4.69) is 38.1 Å². The maximum atomic E-state index is 5.92. The third-order valence-corrected chi connectivity index (χ3v) is 4.12. The van der Waals surface area contributed by atoms with Crippen LogP contribution in [-0.2, 0) is 9.31 Å². The van der Waals surface area contributed by atoms with E-state index >= 15 is 0 Å². The monoisotopic (exact) mass is 307 g/mol. The number of hydrogen-bond donors (Lipinski definition) is 0. The summed E-state index contributed by atoms with van der Waals surface area (Å²) in [4.78, 5) is 4.70. The zero-order chi connectivity index (χ0) is 16.1. The number of aliphatic imine (C=N–C) groups is 1. The van der Waals surface area contributed by atoms with Crippen molar-refractivity contribution in [3.05, 3.63) is 65.7 Å². The largest absolute Gasteiger partial charge is 0.494 e. The van der Waals surface area contributed by atoms with Gasteiger partial charge in [-0.05, 0) is 36.9 Å². The summed E-state index contributed by atoms with van der Waals surface area (Å²) < 4.78 is 11.7. The van der Waals surface area contributed by atoms with Crippen molar-refractivity contribution in [3.8, 4) is 0 Å². The fraction of sp³-hybridized carbons (Fsp3) is 0.316. The van der Waals surface area contributed by atoms with Crippen molar-refractivity contribution in [1.82, 2.24) is 0 Å². The maximum absolute atomic E-state index is 5.92. The fourth-order valence-corrected chi connectivity index (χ4v) is 2.68.